The van der Waals surface area contributed by atoms with Crippen LogP contribution in [0.2, 0.25) is 0 Å². The molecule has 0 radical (unpaired) electrons. The minimum atomic E-state index is -0.160. The number of phenolic OH excluding ortho intramolecular Hbond substituents is 1. The molecule has 0 bridgehead atoms. The minimum absolute atomic E-state index is 0.0377. The number of carbonyl (C=O) groups excluding carboxylic acids is 2. The Hall–Kier alpha value is -3.53. The van der Waals surface area contributed by atoms with Gasteiger partial charge in [-0.3, -0.25) is 9.59 Å². The molecule has 1 aliphatic heterocycles. The normalized spacial score (nSPS) is 14.1. The van der Waals surface area contributed by atoms with Crippen LogP contribution in [0.3, 0.4) is 0 Å². The van der Waals surface area contributed by atoms with Crippen molar-refractivity contribution in [3.63, 3.8) is 0 Å². The third-order valence-corrected chi connectivity index (χ3v) is 5.01. The highest BCUT2D eigenvalue weighted by Gasteiger charge is 2.28. The van der Waals surface area contributed by atoms with Gasteiger partial charge in [0.25, 0.3) is 5.91 Å². The largest absolute Gasteiger partial charge is 0.508 e. The van der Waals surface area contributed by atoms with Gasteiger partial charge in [-0.1, -0.05) is 0 Å². The number of ether oxygens (including phenoxy) is 2. The fourth-order valence-corrected chi connectivity index (χ4v) is 3.34. The highest BCUT2D eigenvalue weighted by Crippen LogP contribution is 2.28. The number of nitrogens with zero attached hydrogens (tertiary/aromatic N) is 2. The van der Waals surface area contributed by atoms with Crippen molar-refractivity contribution in [2.45, 2.75) is 12.8 Å². The van der Waals surface area contributed by atoms with Crippen molar-refractivity contribution < 1.29 is 24.2 Å². The molecule has 150 valence electrons. The summed E-state index contributed by atoms with van der Waals surface area (Å²) in [5, 5.41) is 18.3. The van der Waals surface area contributed by atoms with Crippen LogP contribution in [-0.4, -0.2) is 48.5 Å². The summed E-state index contributed by atoms with van der Waals surface area (Å²) < 4.78 is 10.8. The van der Waals surface area contributed by atoms with E-state index in [9.17, 15) is 14.7 Å². The quantitative estimate of drug-likeness (QED) is 0.757. The summed E-state index contributed by atoms with van der Waals surface area (Å²) in [7, 11) is 1.47. The Balaban J connectivity index is 1.52. The fraction of sp³-hybridized carbons (Fsp3) is 0.318. The molecule has 2 aromatic rings. The fourth-order valence-electron chi connectivity index (χ4n) is 3.34. The van der Waals surface area contributed by atoms with Gasteiger partial charge >= 0.3 is 0 Å². The van der Waals surface area contributed by atoms with E-state index in [1.54, 1.807) is 35.2 Å². The number of methoxy groups -OCH3 is 1. The van der Waals surface area contributed by atoms with Crippen molar-refractivity contribution in [2.24, 2.45) is 5.92 Å². The average Bonchev–Trinajstić information content (AvgIpc) is 2.77. The Labute approximate surface area is 169 Å². The first-order valence-corrected chi connectivity index (χ1v) is 9.33. The SMILES string of the molecule is COc1cc(C#N)ccc1OCC(=O)N1CCC(C(=O)c2ccc(O)cc2)CC1. The van der Waals surface area contributed by atoms with Gasteiger partial charge in [0.2, 0.25) is 0 Å². The molecule has 3 rings (SSSR count). The lowest BCUT2D eigenvalue weighted by Gasteiger charge is -2.31. The van der Waals surface area contributed by atoms with Gasteiger partial charge in [0.15, 0.2) is 23.9 Å². The van der Waals surface area contributed by atoms with Crippen molar-refractivity contribution >= 4 is 11.7 Å². The number of nitriles is 1. The van der Waals surface area contributed by atoms with E-state index in [2.05, 4.69) is 0 Å². The monoisotopic (exact) mass is 394 g/mol. The number of hydrogen-bond donors (Lipinski definition) is 1. The summed E-state index contributed by atoms with van der Waals surface area (Å²) in [4.78, 5) is 26.7. The first kappa shape index (κ1) is 20.2. The van der Waals surface area contributed by atoms with Gasteiger partial charge in [0.05, 0.1) is 18.7 Å². The van der Waals surface area contributed by atoms with Crippen LogP contribution >= 0.6 is 0 Å². The Morgan fingerprint density at radius 2 is 1.83 bits per heavy atom. The van der Waals surface area contributed by atoms with Gasteiger partial charge in [0, 0.05) is 30.6 Å². The van der Waals surface area contributed by atoms with E-state index >= 15 is 0 Å². The smallest absolute Gasteiger partial charge is 0.260 e. The van der Waals surface area contributed by atoms with Gasteiger partial charge in [-0.2, -0.15) is 5.26 Å². The van der Waals surface area contributed by atoms with Crippen LogP contribution in [0, 0.1) is 17.2 Å². The molecule has 1 saturated heterocycles. The number of piperidine rings is 1. The van der Waals surface area contributed by atoms with Crippen LogP contribution in [0.15, 0.2) is 42.5 Å². The van der Waals surface area contributed by atoms with E-state index in [1.165, 1.54) is 19.2 Å². The van der Waals surface area contributed by atoms with Crippen LogP contribution in [-0.2, 0) is 4.79 Å². The Morgan fingerprint density at radius 3 is 2.45 bits per heavy atom. The Bertz CT molecular complexity index is 925. The predicted octanol–water partition coefficient (Wildman–Crippen LogP) is 2.77. The molecule has 7 nitrogen and oxygen atoms in total. The van der Waals surface area contributed by atoms with E-state index in [0.29, 0.717) is 48.6 Å². The third-order valence-electron chi connectivity index (χ3n) is 5.01. The van der Waals surface area contributed by atoms with Crippen molar-refractivity contribution in [1.29, 1.82) is 5.26 Å². The lowest BCUT2D eigenvalue weighted by Crippen LogP contribution is -2.42. The van der Waals surface area contributed by atoms with E-state index in [-0.39, 0.29) is 30.0 Å². The van der Waals surface area contributed by atoms with E-state index in [4.69, 9.17) is 14.7 Å². The number of benzene rings is 2. The lowest BCUT2D eigenvalue weighted by atomic mass is 9.89. The molecule has 29 heavy (non-hydrogen) atoms. The van der Waals surface area contributed by atoms with Crippen LogP contribution < -0.4 is 9.47 Å². The van der Waals surface area contributed by atoms with Crippen LogP contribution in [0.4, 0.5) is 0 Å². The number of ketones is 1. The summed E-state index contributed by atoms with van der Waals surface area (Å²) in [5.74, 6) is 0.666. The van der Waals surface area contributed by atoms with E-state index < -0.39 is 0 Å². The Kier molecular flexibility index (Phi) is 6.35. The van der Waals surface area contributed by atoms with Crippen molar-refractivity contribution in [1.82, 2.24) is 4.90 Å². The van der Waals surface area contributed by atoms with Crippen LogP contribution in [0.5, 0.6) is 17.2 Å². The summed E-state index contributed by atoms with van der Waals surface area (Å²) in [6.07, 6.45) is 1.18. The van der Waals surface area contributed by atoms with Gasteiger partial charge in [-0.05, 0) is 49.2 Å². The first-order chi connectivity index (χ1) is 14.0. The van der Waals surface area contributed by atoms with Crippen LogP contribution in [0.25, 0.3) is 0 Å². The van der Waals surface area contributed by atoms with Gasteiger partial charge in [-0.15, -0.1) is 0 Å². The van der Waals surface area contributed by atoms with E-state index in [1.807, 2.05) is 6.07 Å². The molecule has 1 amide bonds. The first-order valence-electron chi connectivity index (χ1n) is 9.33. The number of likely N-dealkylation sites (tertiary alicyclic amines) is 1. The van der Waals surface area contributed by atoms with Crippen molar-refractivity contribution in [3.8, 4) is 23.3 Å². The molecule has 0 atom stereocenters. The molecule has 1 aliphatic rings. The number of phenols is 1. The predicted molar refractivity (Wildman–Crippen MR) is 105 cm³/mol. The highest BCUT2D eigenvalue weighted by atomic mass is 16.5. The molecule has 0 saturated carbocycles. The van der Waals surface area contributed by atoms with Crippen LogP contribution in [0.1, 0.15) is 28.8 Å². The molecule has 1 fully saturated rings. The topological polar surface area (TPSA) is 99.9 Å². The molecular weight excluding hydrogens is 372 g/mol. The maximum atomic E-state index is 12.6. The Morgan fingerprint density at radius 1 is 1.14 bits per heavy atom. The standard InChI is InChI=1S/C22H22N2O5/c1-28-20-12-15(13-23)2-7-19(20)29-14-21(26)24-10-8-17(9-11-24)22(27)16-3-5-18(25)6-4-16/h2-7,12,17,25H,8-11,14H2,1H3. The number of Topliss-reactive ketones (excluding diaryl/α,β-unsaturated/α-hetero) is 1. The summed E-state index contributed by atoms with van der Waals surface area (Å²) >= 11 is 0. The molecule has 7 heteroatoms. The number of rotatable bonds is 6. The summed E-state index contributed by atoms with van der Waals surface area (Å²) in [6, 6.07) is 13.0. The zero-order valence-electron chi connectivity index (χ0n) is 16.1. The summed E-state index contributed by atoms with van der Waals surface area (Å²) in [5.41, 5.74) is 1.02. The molecule has 0 spiro atoms. The maximum Gasteiger partial charge on any atom is 0.260 e. The molecule has 2 aromatic carbocycles. The second kappa shape index (κ2) is 9.11. The molecule has 0 aliphatic carbocycles. The third kappa shape index (κ3) is 4.85. The van der Waals surface area contributed by atoms with Crippen molar-refractivity contribution in [2.75, 3.05) is 26.8 Å². The number of aromatic hydroxyl groups is 1. The zero-order chi connectivity index (χ0) is 20.8. The molecular formula is C22H22N2O5. The minimum Gasteiger partial charge on any atom is -0.508 e. The van der Waals surface area contributed by atoms with Gasteiger partial charge in [-0.25, -0.2) is 0 Å². The van der Waals surface area contributed by atoms with Gasteiger partial charge in [0.1, 0.15) is 5.75 Å². The second-order valence-electron chi connectivity index (χ2n) is 6.83. The molecule has 0 unspecified atom stereocenters. The molecule has 1 N–H and O–H groups in total. The number of carbonyl (C=O) groups is 2. The molecule has 1 heterocycles. The highest BCUT2D eigenvalue weighted by molar-refractivity contribution is 5.98. The summed E-state index contributed by atoms with van der Waals surface area (Å²) in [6.45, 7) is 0.835. The van der Waals surface area contributed by atoms with Gasteiger partial charge < -0.3 is 19.5 Å². The zero-order valence-corrected chi connectivity index (χ0v) is 16.1. The number of amides is 1. The number of hydrogen-bond acceptors (Lipinski definition) is 6. The van der Waals surface area contributed by atoms with E-state index in [0.717, 1.165) is 0 Å². The molecule has 0 aromatic heterocycles. The van der Waals surface area contributed by atoms with Crippen molar-refractivity contribution in [3.05, 3.63) is 53.6 Å². The lowest BCUT2D eigenvalue weighted by molar-refractivity contribution is -0.134. The maximum absolute atomic E-state index is 12.6. The second-order valence-corrected chi connectivity index (χ2v) is 6.83. The average molecular weight is 394 g/mol.